The molecule has 0 bridgehead atoms. The fraction of sp³-hybridized carbons (Fsp3) is 0.750. The van der Waals surface area contributed by atoms with Crippen LogP contribution in [0.1, 0.15) is 12.8 Å². The number of aliphatic hydroxyl groups is 1. The fourth-order valence-corrected chi connectivity index (χ4v) is 2.42. The normalized spacial score (nSPS) is 26.3. The maximum Gasteiger partial charge on any atom is 0.0642 e. The van der Waals surface area contributed by atoms with Crippen molar-refractivity contribution >= 4 is 11.8 Å². The highest BCUT2D eigenvalue weighted by Gasteiger charge is 2.15. The standard InChI is InChI=1S/C8H14OS/c1-7(5-9)8-3-2-4-10-6-8/h8-9H,1-6H2. The second-order valence-corrected chi connectivity index (χ2v) is 3.88. The maximum atomic E-state index is 8.78. The van der Waals surface area contributed by atoms with E-state index in [0.29, 0.717) is 5.92 Å². The van der Waals surface area contributed by atoms with Gasteiger partial charge in [0.1, 0.15) is 0 Å². The van der Waals surface area contributed by atoms with Gasteiger partial charge >= 0.3 is 0 Å². The molecule has 0 aromatic heterocycles. The van der Waals surface area contributed by atoms with Crippen LogP contribution in [-0.2, 0) is 0 Å². The van der Waals surface area contributed by atoms with Crippen LogP contribution < -0.4 is 0 Å². The summed E-state index contributed by atoms with van der Waals surface area (Å²) in [6.45, 7) is 4.01. The zero-order valence-electron chi connectivity index (χ0n) is 6.18. The summed E-state index contributed by atoms with van der Waals surface area (Å²) in [6, 6.07) is 0. The van der Waals surface area contributed by atoms with E-state index in [1.807, 2.05) is 11.8 Å². The van der Waals surface area contributed by atoms with Gasteiger partial charge in [-0.25, -0.2) is 0 Å². The van der Waals surface area contributed by atoms with Gasteiger partial charge in [0.2, 0.25) is 0 Å². The Hall–Kier alpha value is 0.0500. The van der Waals surface area contributed by atoms with Crippen molar-refractivity contribution in [2.45, 2.75) is 12.8 Å². The lowest BCUT2D eigenvalue weighted by molar-refractivity contribution is 0.314. The van der Waals surface area contributed by atoms with Crippen LogP contribution in [0, 0.1) is 5.92 Å². The molecule has 0 saturated carbocycles. The van der Waals surface area contributed by atoms with Crippen LogP contribution in [0.4, 0.5) is 0 Å². The van der Waals surface area contributed by atoms with Crippen LogP contribution in [0.5, 0.6) is 0 Å². The van der Waals surface area contributed by atoms with Gasteiger partial charge in [0.15, 0.2) is 0 Å². The summed E-state index contributed by atoms with van der Waals surface area (Å²) in [5.41, 5.74) is 1.02. The van der Waals surface area contributed by atoms with Gasteiger partial charge in [-0.1, -0.05) is 6.58 Å². The molecule has 1 heterocycles. The van der Waals surface area contributed by atoms with Gasteiger partial charge in [0.25, 0.3) is 0 Å². The highest BCUT2D eigenvalue weighted by Crippen LogP contribution is 2.26. The Morgan fingerprint density at radius 3 is 3.00 bits per heavy atom. The first-order valence-electron chi connectivity index (χ1n) is 3.71. The second-order valence-electron chi connectivity index (χ2n) is 2.73. The molecule has 1 fully saturated rings. The number of hydrogen-bond acceptors (Lipinski definition) is 2. The molecule has 1 saturated heterocycles. The summed E-state index contributed by atoms with van der Waals surface area (Å²) < 4.78 is 0. The van der Waals surface area contributed by atoms with Gasteiger partial charge in [0, 0.05) is 0 Å². The summed E-state index contributed by atoms with van der Waals surface area (Å²) in [5, 5.41) is 8.78. The Morgan fingerprint density at radius 1 is 1.70 bits per heavy atom. The molecule has 0 aromatic rings. The van der Waals surface area contributed by atoms with E-state index in [1.54, 1.807) is 0 Å². The summed E-state index contributed by atoms with van der Waals surface area (Å²) in [7, 11) is 0. The molecule has 1 unspecified atom stereocenters. The molecule has 10 heavy (non-hydrogen) atoms. The first-order chi connectivity index (χ1) is 4.84. The molecule has 1 aliphatic rings. The smallest absolute Gasteiger partial charge is 0.0642 e. The first-order valence-corrected chi connectivity index (χ1v) is 4.86. The number of hydrogen-bond donors (Lipinski definition) is 1. The number of aliphatic hydroxyl groups excluding tert-OH is 1. The van der Waals surface area contributed by atoms with Crippen LogP contribution in [0.15, 0.2) is 12.2 Å². The summed E-state index contributed by atoms with van der Waals surface area (Å²) in [6.07, 6.45) is 2.51. The highest BCUT2D eigenvalue weighted by atomic mass is 32.2. The van der Waals surface area contributed by atoms with E-state index in [4.69, 9.17) is 5.11 Å². The van der Waals surface area contributed by atoms with Crippen LogP contribution in [-0.4, -0.2) is 23.2 Å². The molecule has 0 spiro atoms. The topological polar surface area (TPSA) is 20.2 Å². The SMILES string of the molecule is C=C(CO)C1CCCSC1. The van der Waals surface area contributed by atoms with E-state index in [-0.39, 0.29) is 6.61 Å². The largest absolute Gasteiger partial charge is 0.392 e. The molecule has 1 nitrogen and oxygen atoms in total. The minimum Gasteiger partial charge on any atom is -0.392 e. The number of rotatable bonds is 2. The fourth-order valence-electron chi connectivity index (χ4n) is 1.19. The van der Waals surface area contributed by atoms with Crippen molar-refractivity contribution in [2.24, 2.45) is 5.92 Å². The second kappa shape index (κ2) is 4.04. The third kappa shape index (κ3) is 2.03. The minimum atomic E-state index is 0.172. The summed E-state index contributed by atoms with van der Waals surface area (Å²) in [5.74, 6) is 3.04. The van der Waals surface area contributed by atoms with E-state index in [9.17, 15) is 0 Å². The van der Waals surface area contributed by atoms with Gasteiger partial charge < -0.3 is 5.11 Å². The average molecular weight is 158 g/mol. The Balaban J connectivity index is 2.31. The lowest BCUT2D eigenvalue weighted by Crippen LogP contribution is -2.14. The van der Waals surface area contributed by atoms with Crippen molar-refractivity contribution in [3.05, 3.63) is 12.2 Å². The predicted molar refractivity (Wildman–Crippen MR) is 46.3 cm³/mol. The van der Waals surface area contributed by atoms with Crippen LogP contribution in [0.2, 0.25) is 0 Å². The molecule has 0 aliphatic carbocycles. The molecule has 58 valence electrons. The van der Waals surface area contributed by atoms with Crippen molar-refractivity contribution in [3.8, 4) is 0 Å². The van der Waals surface area contributed by atoms with Crippen LogP contribution in [0.25, 0.3) is 0 Å². The molecule has 2 heteroatoms. The third-order valence-corrected chi connectivity index (χ3v) is 3.16. The molecule has 1 atom stereocenters. The average Bonchev–Trinajstić information content (AvgIpc) is 2.05. The lowest BCUT2D eigenvalue weighted by Gasteiger charge is -2.21. The Morgan fingerprint density at radius 2 is 2.50 bits per heavy atom. The van der Waals surface area contributed by atoms with Gasteiger partial charge in [-0.15, -0.1) is 0 Å². The molecule has 1 N–H and O–H groups in total. The van der Waals surface area contributed by atoms with E-state index < -0.39 is 0 Å². The van der Waals surface area contributed by atoms with Crippen molar-refractivity contribution in [1.82, 2.24) is 0 Å². The van der Waals surface area contributed by atoms with Gasteiger partial charge in [-0.2, -0.15) is 11.8 Å². The molecular weight excluding hydrogens is 144 g/mol. The van der Waals surface area contributed by atoms with E-state index in [1.165, 1.54) is 24.3 Å². The van der Waals surface area contributed by atoms with E-state index >= 15 is 0 Å². The Labute approximate surface area is 66.5 Å². The number of thioether (sulfide) groups is 1. The molecule has 0 radical (unpaired) electrons. The molecule has 0 amide bonds. The van der Waals surface area contributed by atoms with Crippen LogP contribution in [0.3, 0.4) is 0 Å². The third-order valence-electron chi connectivity index (χ3n) is 1.94. The van der Waals surface area contributed by atoms with Gasteiger partial charge in [0.05, 0.1) is 6.61 Å². The van der Waals surface area contributed by atoms with Gasteiger partial charge in [-0.05, 0) is 35.8 Å². The predicted octanol–water partition coefficient (Wildman–Crippen LogP) is 1.68. The van der Waals surface area contributed by atoms with E-state index in [0.717, 1.165) is 5.57 Å². The zero-order chi connectivity index (χ0) is 7.40. The lowest BCUT2D eigenvalue weighted by atomic mass is 9.98. The summed E-state index contributed by atoms with van der Waals surface area (Å²) in [4.78, 5) is 0. The van der Waals surface area contributed by atoms with Crippen LogP contribution >= 0.6 is 11.8 Å². The van der Waals surface area contributed by atoms with Gasteiger partial charge in [-0.3, -0.25) is 0 Å². The molecular formula is C8H14OS. The van der Waals surface area contributed by atoms with Crippen molar-refractivity contribution < 1.29 is 5.11 Å². The minimum absolute atomic E-state index is 0.172. The van der Waals surface area contributed by atoms with E-state index in [2.05, 4.69) is 6.58 Å². The zero-order valence-corrected chi connectivity index (χ0v) is 6.99. The quantitative estimate of drug-likeness (QED) is 0.617. The Bertz CT molecular complexity index is 116. The van der Waals surface area contributed by atoms with Crippen molar-refractivity contribution in [2.75, 3.05) is 18.1 Å². The molecule has 1 aliphatic heterocycles. The molecule has 1 rings (SSSR count). The highest BCUT2D eigenvalue weighted by molar-refractivity contribution is 7.99. The maximum absolute atomic E-state index is 8.78. The first kappa shape index (κ1) is 8.15. The molecule has 0 aromatic carbocycles. The monoisotopic (exact) mass is 158 g/mol. The Kier molecular flexibility index (Phi) is 3.29. The van der Waals surface area contributed by atoms with Crippen molar-refractivity contribution in [3.63, 3.8) is 0 Å². The van der Waals surface area contributed by atoms with Crippen molar-refractivity contribution in [1.29, 1.82) is 0 Å². The summed E-state index contributed by atoms with van der Waals surface area (Å²) >= 11 is 1.97.